The van der Waals surface area contributed by atoms with Gasteiger partial charge in [0.25, 0.3) is 10.0 Å². The maximum atomic E-state index is 12.0. The molecule has 1 aromatic rings. The third kappa shape index (κ3) is 3.05. The minimum absolute atomic E-state index is 0.0708. The van der Waals surface area contributed by atoms with Gasteiger partial charge in [0.15, 0.2) is 5.03 Å². The molecule has 0 spiro atoms. The third-order valence-electron chi connectivity index (χ3n) is 3.17. The number of nitrogens with one attached hydrogen (secondary N) is 1. The summed E-state index contributed by atoms with van der Waals surface area (Å²) in [4.78, 5) is 4.06. The first-order valence-electron chi connectivity index (χ1n) is 6.11. The van der Waals surface area contributed by atoms with Crippen molar-refractivity contribution in [1.82, 2.24) is 14.3 Å². The Labute approximate surface area is 113 Å². The normalized spacial score (nSPS) is 17.9. The van der Waals surface area contributed by atoms with Gasteiger partial charge in [-0.3, -0.25) is 0 Å². The van der Waals surface area contributed by atoms with E-state index in [4.69, 9.17) is 11.6 Å². The lowest BCUT2D eigenvalue weighted by Gasteiger charge is -2.08. The molecule has 1 fully saturated rings. The summed E-state index contributed by atoms with van der Waals surface area (Å²) in [7, 11) is -3.54. The monoisotopic (exact) mass is 291 g/mol. The van der Waals surface area contributed by atoms with Crippen molar-refractivity contribution in [3.05, 3.63) is 12.0 Å². The van der Waals surface area contributed by atoms with Gasteiger partial charge < -0.3 is 4.57 Å². The second kappa shape index (κ2) is 5.19. The Balaban J connectivity index is 2.04. The van der Waals surface area contributed by atoms with Gasteiger partial charge in [-0.15, -0.1) is 11.6 Å². The molecule has 18 heavy (non-hydrogen) atoms. The molecule has 5 nitrogen and oxygen atoms in total. The van der Waals surface area contributed by atoms with Gasteiger partial charge in [-0.2, -0.15) is 0 Å². The Morgan fingerprint density at radius 1 is 1.61 bits per heavy atom. The summed E-state index contributed by atoms with van der Waals surface area (Å²) in [5.74, 6) is 1.16. The van der Waals surface area contributed by atoms with Crippen LogP contribution in [-0.2, 0) is 16.6 Å². The molecule has 1 aromatic heterocycles. The van der Waals surface area contributed by atoms with E-state index in [0.29, 0.717) is 18.3 Å². The second-order valence-electron chi connectivity index (χ2n) is 4.62. The van der Waals surface area contributed by atoms with Crippen molar-refractivity contribution < 1.29 is 8.42 Å². The molecule has 1 unspecified atom stereocenters. The van der Waals surface area contributed by atoms with Crippen molar-refractivity contribution >= 4 is 21.6 Å². The lowest BCUT2D eigenvalue weighted by Crippen LogP contribution is -2.31. The van der Waals surface area contributed by atoms with Crippen molar-refractivity contribution in [2.45, 2.75) is 43.6 Å². The van der Waals surface area contributed by atoms with Gasteiger partial charge in [0.05, 0.1) is 0 Å². The van der Waals surface area contributed by atoms with Gasteiger partial charge in [0.1, 0.15) is 5.82 Å². The van der Waals surface area contributed by atoms with Gasteiger partial charge in [-0.1, -0.05) is 0 Å². The fourth-order valence-electron chi connectivity index (χ4n) is 1.82. The number of imidazole rings is 1. The van der Waals surface area contributed by atoms with Crippen LogP contribution in [0.4, 0.5) is 0 Å². The Morgan fingerprint density at radius 2 is 2.28 bits per heavy atom. The molecule has 1 aliphatic rings. The standard InChI is InChI=1S/C11H18ClN3O2S/c1-3-15-7-11(14-8(15)2)18(16,17)13-6-10(12)9-4-5-9/h7,9-10,13H,3-6H2,1-2H3. The number of alkyl halides is 1. The summed E-state index contributed by atoms with van der Waals surface area (Å²) in [6, 6.07) is 0. The summed E-state index contributed by atoms with van der Waals surface area (Å²) < 4.78 is 28.4. The molecule has 0 bridgehead atoms. The Morgan fingerprint density at radius 3 is 2.78 bits per heavy atom. The van der Waals surface area contributed by atoms with E-state index in [0.717, 1.165) is 12.8 Å². The predicted octanol–water partition coefficient (Wildman–Crippen LogP) is 1.51. The van der Waals surface area contributed by atoms with Crippen LogP contribution in [0.2, 0.25) is 0 Å². The maximum Gasteiger partial charge on any atom is 0.259 e. The zero-order valence-electron chi connectivity index (χ0n) is 10.6. The van der Waals surface area contributed by atoms with Crippen LogP contribution in [0.1, 0.15) is 25.6 Å². The van der Waals surface area contributed by atoms with Crippen LogP contribution >= 0.6 is 11.6 Å². The van der Waals surface area contributed by atoms with E-state index in [1.807, 2.05) is 6.92 Å². The molecule has 1 saturated carbocycles. The molecule has 0 radical (unpaired) electrons. The van der Waals surface area contributed by atoms with E-state index in [2.05, 4.69) is 9.71 Å². The molecule has 0 saturated heterocycles. The topological polar surface area (TPSA) is 64.0 Å². The number of sulfonamides is 1. The average Bonchev–Trinajstić information content (AvgIpc) is 3.09. The van der Waals surface area contributed by atoms with Crippen LogP contribution < -0.4 is 4.72 Å². The fraction of sp³-hybridized carbons (Fsp3) is 0.727. The fourth-order valence-corrected chi connectivity index (χ4v) is 3.30. The van der Waals surface area contributed by atoms with Gasteiger partial charge in [-0.05, 0) is 32.6 Å². The second-order valence-corrected chi connectivity index (χ2v) is 6.89. The van der Waals surface area contributed by atoms with Crippen LogP contribution in [-0.4, -0.2) is 29.9 Å². The summed E-state index contributed by atoms with van der Waals surface area (Å²) in [6.45, 7) is 4.71. The quantitative estimate of drug-likeness (QED) is 0.808. The number of hydrogen-bond donors (Lipinski definition) is 1. The van der Waals surface area contributed by atoms with Crippen molar-refractivity contribution in [3.8, 4) is 0 Å². The Bertz CT molecular complexity index is 522. The first kappa shape index (κ1) is 13.8. The predicted molar refractivity (Wildman–Crippen MR) is 70.2 cm³/mol. The van der Waals surface area contributed by atoms with Gasteiger partial charge in [0.2, 0.25) is 0 Å². The number of hydrogen-bond acceptors (Lipinski definition) is 3. The molecule has 0 amide bonds. The van der Waals surface area contributed by atoms with E-state index in [1.165, 1.54) is 0 Å². The molecule has 1 heterocycles. The first-order valence-corrected chi connectivity index (χ1v) is 8.03. The molecule has 102 valence electrons. The highest BCUT2D eigenvalue weighted by Gasteiger charge is 2.31. The highest BCUT2D eigenvalue weighted by molar-refractivity contribution is 7.89. The smallest absolute Gasteiger partial charge is 0.259 e. The zero-order chi connectivity index (χ0) is 13.3. The number of rotatable bonds is 6. The van der Waals surface area contributed by atoms with E-state index in [9.17, 15) is 8.42 Å². The minimum atomic E-state index is -3.54. The number of aromatic nitrogens is 2. The Kier molecular flexibility index (Phi) is 3.99. The van der Waals surface area contributed by atoms with Gasteiger partial charge in [-0.25, -0.2) is 18.1 Å². The van der Waals surface area contributed by atoms with Crippen LogP contribution in [0.5, 0.6) is 0 Å². The molecule has 2 rings (SSSR count). The van der Waals surface area contributed by atoms with Crippen LogP contribution in [0.3, 0.4) is 0 Å². The molecule has 1 N–H and O–H groups in total. The van der Waals surface area contributed by atoms with Crippen LogP contribution in [0.15, 0.2) is 11.2 Å². The van der Waals surface area contributed by atoms with Crippen molar-refractivity contribution in [1.29, 1.82) is 0 Å². The largest absolute Gasteiger partial charge is 0.334 e. The third-order valence-corrected chi connectivity index (χ3v) is 4.98. The highest BCUT2D eigenvalue weighted by atomic mass is 35.5. The molecule has 1 aliphatic carbocycles. The average molecular weight is 292 g/mol. The lowest BCUT2D eigenvalue weighted by atomic mass is 10.3. The minimum Gasteiger partial charge on any atom is -0.334 e. The number of aryl methyl sites for hydroxylation is 2. The van der Waals surface area contributed by atoms with Crippen molar-refractivity contribution in [3.63, 3.8) is 0 Å². The van der Waals surface area contributed by atoms with Crippen molar-refractivity contribution in [2.24, 2.45) is 5.92 Å². The van der Waals surface area contributed by atoms with Gasteiger partial charge in [0, 0.05) is 24.7 Å². The summed E-state index contributed by atoms with van der Waals surface area (Å²) >= 11 is 6.08. The molecule has 1 atom stereocenters. The number of nitrogens with zero attached hydrogens (tertiary/aromatic N) is 2. The molecule has 0 aliphatic heterocycles. The molecular weight excluding hydrogens is 274 g/mol. The molecular formula is C11H18ClN3O2S. The van der Waals surface area contributed by atoms with E-state index < -0.39 is 10.0 Å². The molecule has 7 heteroatoms. The summed E-state index contributed by atoms with van der Waals surface area (Å²) in [6.07, 6.45) is 3.75. The highest BCUT2D eigenvalue weighted by Crippen LogP contribution is 2.35. The van der Waals surface area contributed by atoms with Crippen molar-refractivity contribution in [2.75, 3.05) is 6.54 Å². The first-order chi connectivity index (χ1) is 8.44. The summed E-state index contributed by atoms with van der Waals surface area (Å²) in [5.41, 5.74) is 0. The van der Waals surface area contributed by atoms with E-state index in [-0.39, 0.29) is 16.9 Å². The summed E-state index contributed by atoms with van der Waals surface area (Å²) in [5, 5.41) is -0.0457. The SMILES string of the molecule is CCn1cc(S(=O)(=O)NCC(Cl)C2CC2)nc1C. The van der Waals surface area contributed by atoms with E-state index in [1.54, 1.807) is 17.7 Å². The van der Waals surface area contributed by atoms with E-state index >= 15 is 0 Å². The lowest BCUT2D eigenvalue weighted by molar-refractivity contribution is 0.573. The van der Waals surface area contributed by atoms with Crippen LogP contribution in [0, 0.1) is 12.8 Å². The molecule has 0 aromatic carbocycles. The zero-order valence-corrected chi connectivity index (χ0v) is 12.1. The Hall–Kier alpha value is -0.590. The van der Waals surface area contributed by atoms with Gasteiger partial charge >= 0.3 is 0 Å². The number of halogens is 1. The van der Waals surface area contributed by atoms with Crippen LogP contribution in [0.25, 0.3) is 0 Å². The maximum absolute atomic E-state index is 12.0.